The zero-order valence-corrected chi connectivity index (χ0v) is 11.7. The van der Waals surface area contributed by atoms with Crippen molar-refractivity contribution < 1.29 is 14.0 Å². The van der Waals surface area contributed by atoms with Gasteiger partial charge in [-0.05, 0) is 17.7 Å². The van der Waals surface area contributed by atoms with Crippen LogP contribution in [0.4, 0.5) is 0 Å². The fraction of sp³-hybridized carbons (Fsp3) is 0.250. The number of fused-ring (bicyclic) bond motifs is 1. The molecule has 2 fully saturated rings. The molecule has 2 N–H and O–H groups in total. The molecule has 1 aromatic heterocycles. The fourth-order valence-corrected chi connectivity index (χ4v) is 3.23. The average Bonchev–Trinajstić information content (AvgIpc) is 3.20. The van der Waals surface area contributed by atoms with Gasteiger partial charge in [0.2, 0.25) is 11.8 Å². The Bertz CT molecular complexity index is 699. The second kappa shape index (κ2) is 5.08. The van der Waals surface area contributed by atoms with Gasteiger partial charge in [0, 0.05) is 6.54 Å². The number of rotatable bonds is 3. The van der Waals surface area contributed by atoms with E-state index in [1.807, 2.05) is 41.4 Å². The van der Waals surface area contributed by atoms with Crippen LogP contribution in [0.2, 0.25) is 0 Å². The van der Waals surface area contributed by atoms with E-state index in [2.05, 4.69) is 10.7 Å². The molecule has 6 heteroatoms. The number of imide groups is 1. The Morgan fingerprint density at radius 1 is 1.05 bits per heavy atom. The summed E-state index contributed by atoms with van der Waals surface area (Å²) in [5.41, 5.74) is 4.33. The van der Waals surface area contributed by atoms with Gasteiger partial charge in [0.05, 0.1) is 18.2 Å². The third-order valence-corrected chi connectivity index (χ3v) is 4.20. The van der Waals surface area contributed by atoms with E-state index < -0.39 is 12.0 Å². The summed E-state index contributed by atoms with van der Waals surface area (Å²) in [5.74, 6) is -0.315. The van der Waals surface area contributed by atoms with E-state index in [9.17, 15) is 9.59 Å². The molecule has 2 amide bonds. The molecule has 0 aliphatic carbocycles. The SMILES string of the molecule is O=C1NC(=O)[C@@H]2[C@@H]1[C@H](c1ccco1)NN2Cc1ccccc1. The van der Waals surface area contributed by atoms with Gasteiger partial charge in [0.15, 0.2) is 0 Å². The predicted molar refractivity (Wildman–Crippen MR) is 77.0 cm³/mol. The van der Waals surface area contributed by atoms with E-state index in [0.717, 1.165) is 5.56 Å². The Morgan fingerprint density at radius 3 is 2.59 bits per heavy atom. The highest BCUT2D eigenvalue weighted by molar-refractivity contribution is 6.07. The minimum Gasteiger partial charge on any atom is -0.468 e. The quantitative estimate of drug-likeness (QED) is 0.826. The summed E-state index contributed by atoms with van der Waals surface area (Å²) in [6.45, 7) is 0.542. The van der Waals surface area contributed by atoms with Crippen LogP contribution in [0, 0.1) is 5.92 Å². The summed E-state index contributed by atoms with van der Waals surface area (Å²) in [6, 6.07) is 12.6. The van der Waals surface area contributed by atoms with Crippen molar-refractivity contribution in [3.63, 3.8) is 0 Å². The molecule has 3 heterocycles. The van der Waals surface area contributed by atoms with Crippen molar-refractivity contribution >= 4 is 11.8 Å². The van der Waals surface area contributed by atoms with Crippen molar-refractivity contribution in [2.45, 2.75) is 18.6 Å². The smallest absolute Gasteiger partial charge is 0.246 e. The fourth-order valence-electron chi connectivity index (χ4n) is 3.23. The molecule has 112 valence electrons. The number of nitrogens with zero attached hydrogens (tertiary/aromatic N) is 1. The maximum absolute atomic E-state index is 12.1. The van der Waals surface area contributed by atoms with Crippen molar-refractivity contribution in [1.29, 1.82) is 0 Å². The van der Waals surface area contributed by atoms with Crippen LogP contribution in [0.25, 0.3) is 0 Å². The molecule has 0 radical (unpaired) electrons. The third kappa shape index (κ3) is 2.04. The zero-order valence-electron chi connectivity index (χ0n) is 11.7. The predicted octanol–water partition coefficient (Wildman–Crippen LogP) is 0.982. The lowest BCUT2D eigenvalue weighted by Crippen LogP contribution is -2.43. The number of carbonyl (C=O) groups excluding carboxylic acids is 2. The van der Waals surface area contributed by atoms with Gasteiger partial charge in [-0.1, -0.05) is 30.3 Å². The standard InChI is InChI=1S/C16H15N3O3/c20-15-12-13(11-7-4-8-22-11)18-19(14(12)16(21)17-15)9-10-5-2-1-3-6-10/h1-8,12-14,18H,9H2,(H,17,20,21)/t12-,13-,14-/m0/s1. The first-order valence-corrected chi connectivity index (χ1v) is 7.19. The van der Waals surface area contributed by atoms with Gasteiger partial charge in [-0.25, -0.2) is 10.4 Å². The zero-order chi connectivity index (χ0) is 15.1. The van der Waals surface area contributed by atoms with Crippen LogP contribution in [0.3, 0.4) is 0 Å². The first-order chi connectivity index (χ1) is 10.7. The molecule has 0 saturated carbocycles. The molecule has 2 aliphatic heterocycles. The third-order valence-electron chi connectivity index (χ3n) is 4.20. The van der Waals surface area contributed by atoms with Gasteiger partial charge < -0.3 is 4.42 Å². The minimum atomic E-state index is -0.511. The van der Waals surface area contributed by atoms with Crippen LogP contribution < -0.4 is 10.7 Å². The average molecular weight is 297 g/mol. The van der Waals surface area contributed by atoms with E-state index in [4.69, 9.17) is 4.42 Å². The Labute approximate surface area is 127 Å². The monoisotopic (exact) mass is 297 g/mol. The largest absolute Gasteiger partial charge is 0.468 e. The molecule has 0 bridgehead atoms. The van der Waals surface area contributed by atoms with E-state index in [-0.39, 0.29) is 17.9 Å². The van der Waals surface area contributed by atoms with Crippen LogP contribution in [-0.4, -0.2) is 22.9 Å². The number of hydrogen-bond acceptors (Lipinski definition) is 5. The van der Waals surface area contributed by atoms with E-state index in [1.54, 1.807) is 12.3 Å². The summed E-state index contributed by atoms with van der Waals surface area (Å²) in [7, 11) is 0. The van der Waals surface area contributed by atoms with E-state index in [1.165, 1.54) is 0 Å². The summed E-state index contributed by atoms with van der Waals surface area (Å²) >= 11 is 0. The molecular weight excluding hydrogens is 282 g/mol. The molecular formula is C16H15N3O3. The lowest BCUT2D eigenvalue weighted by atomic mass is 9.94. The second-order valence-corrected chi connectivity index (χ2v) is 5.56. The van der Waals surface area contributed by atoms with E-state index in [0.29, 0.717) is 12.3 Å². The van der Waals surface area contributed by atoms with Gasteiger partial charge >= 0.3 is 0 Å². The summed E-state index contributed by atoms with van der Waals surface area (Å²) in [5, 5.41) is 4.25. The molecule has 0 unspecified atom stereocenters. The van der Waals surface area contributed by atoms with Crippen LogP contribution >= 0.6 is 0 Å². The molecule has 4 rings (SSSR count). The normalized spacial score (nSPS) is 27.9. The Hall–Kier alpha value is -2.44. The highest BCUT2D eigenvalue weighted by atomic mass is 16.3. The Kier molecular flexibility index (Phi) is 3.06. The number of carbonyl (C=O) groups is 2. The van der Waals surface area contributed by atoms with Gasteiger partial charge in [-0.2, -0.15) is 0 Å². The number of furan rings is 1. The van der Waals surface area contributed by atoms with Crippen LogP contribution in [0.1, 0.15) is 17.4 Å². The highest BCUT2D eigenvalue weighted by Gasteiger charge is 2.55. The van der Waals surface area contributed by atoms with Gasteiger partial charge in [0.25, 0.3) is 0 Å². The van der Waals surface area contributed by atoms with Crippen molar-refractivity contribution in [3.8, 4) is 0 Å². The maximum Gasteiger partial charge on any atom is 0.246 e. The summed E-state index contributed by atoms with van der Waals surface area (Å²) in [6.07, 6.45) is 1.57. The molecule has 3 atom stereocenters. The number of hydrazine groups is 1. The molecule has 1 aromatic carbocycles. The Morgan fingerprint density at radius 2 is 1.86 bits per heavy atom. The highest BCUT2D eigenvalue weighted by Crippen LogP contribution is 2.37. The topological polar surface area (TPSA) is 74.6 Å². The molecule has 0 spiro atoms. The summed E-state index contributed by atoms with van der Waals surface area (Å²) < 4.78 is 5.43. The number of benzene rings is 1. The molecule has 2 aliphatic rings. The molecule has 2 aromatic rings. The maximum atomic E-state index is 12.1. The van der Waals surface area contributed by atoms with Crippen LogP contribution in [-0.2, 0) is 16.1 Å². The lowest BCUT2D eigenvalue weighted by molar-refractivity contribution is -0.127. The van der Waals surface area contributed by atoms with Crippen molar-refractivity contribution in [1.82, 2.24) is 15.8 Å². The van der Waals surface area contributed by atoms with Crippen molar-refractivity contribution in [2.24, 2.45) is 5.92 Å². The van der Waals surface area contributed by atoms with Crippen molar-refractivity contribution in [2.75, 3.05) is 0 Å². The van der Waals surface area contributed by atoms with Gasteiger partial charge in [0.1, 0.15) is 11.8 Å². The summed E-state index contributed by atoms with van der Waals surface area (Å²) in [4.78, 5) is 24.3. The number of amides is 2. The van der Waals surface area contributed by atoms with Crippen LogP contribution in [0.5, 0.6) is 0 Å². The van der Waals surface area contributed by atoms with Gasteiger partial charge in [-0.15, -0.1) is 0 Å². The van der Waals surface area contributed by atoms with Crippen molar-refractivity contribution in [3.05, 3.63) is 60.1 Å². The Balaban J connectivity index is 1.65. The second-order valence-electron chi connectivity index (χ2n) is 5.56. The first kappa shape index (κ1) is 13.2. The number of nitrogens with one attached hydrogen (secondary N) is 2. The molecule has 2 saturated heterocycles. The first-order valence-electron chi connectivity index (χ1n) is 7.19. The van der Waals surface area contributed by atoms with Crippen LogP contribution in [0.15, 0.2) is 53.1 Å². The number of hydrogen-bond donors (Lipinski definition) is 2. The molecule has 22 heavy (non-hydrogen) atoms. The van der Waals surface area contributed by atoms with Gasteiger partial charge in [-0.3, -0.25) is 14.9 Å². The molecule has 6 nitrogen and oxygen atoms in total. The van der Waals surface area contributed by atoms with E-state index >= 15 is 0 Å². The minimum absolute atomic E-state index is 0.250. The lowest BCUT2D eigenvalue weighted by Gasteiger charge is -2.21.